The molecule has 17 heavy (non-hydrogen) atoms. The maximum Gasteiger partial charge on any atom is 0.124 e. The molecule has 0 spiro atoms. The van der Waals surface area contributed by atoms with E-state index in [0.29, 0.717) is 0 Å². The molecule has 0 fully saturated rings. The predicted octanol–water partition coefficient (Wildman–Crippen LogP) is 2.29. The number of aliphatic hydroxyl groups is 1. The molecule has 1 unspecified atom stereocenters. The first kappa shape index (κ1) is 14.0. The minimum absolute atomic E-state index is 0.155. The van der Waals surface area contributed by atoms with E-state index >= 15 is 0 Å². The Hall–Kier alpha value is -1.06. The molecular weight excluding hydrogens is 214 g/mol. The van der Waals surface area contributed by atoms with Crippen molar-refractivity contribution in [3.8, 4) is 5.75 Å². The molecular formula is C14H23NO2. The van der Waals surface area contributed by atoms with Gasteiger partial charge in [-0.25, -0.2) is 0 Å². The van der Waals surface area contributed by atoms with E-state index in [-0.39, 0.29) is 18.8 Å². The molecule has 0 aliphatic carbocycles. The first-order valence-electron chi connectivity index (χ1n) is 6.10. The molecule has 3 nitrogen and oxygen atoms in total. The Labute approximate surface area is 104 Å². The van der Waals surface area contributed by atoms with Gasteiger partial charge >= 0.3 is 0 Å². The van der Waals surface area contributed by atoms with Gasteiger partial charge in [-0.2, -0.15) is 0 Å². The molecule has 0 aromatic heterocycles. The van der Waals surface area contributed by atoms with E-state index in [1.807, 2.05) is 46.0 Å². The third kappa shape index (κ3) is 4.36. The Bertz CT molecular complexity index is 339. The Kier molecular flexibility index (Phi) is 5.45. The van der Waals surface area contributed by atoms with Crippen LogP contribution in [0.4, 0.5) is 0 Å². The van der Waals surface area contributed by atoms with E-state index in [1.54, 1.807) is 0 Å². The number of hydrogen-bond donors (Lipinski definition) is 1. The van der Waals surface area contributed by atoms with Gasteiger partial charge in [0.1, 0.15) is 5.75 Å². The lowest BCUT2D eigenvalue weighted by Gasteiger charge is -2.24. The SMILES string of the molecule is CC(C)Oc1ccccc1CN(C)C(C)CO. The lowest BCUT2D eigenvalue weighted by atomic mass is 10.1. The van der Waals surface area contributed by atoms with Crippen molar-refractivity contribution in [3.63, 3.8) is 0 Å². The van der Waals surface area contributed by atoms with Crippen molar-refractivity contribution in [1.29, 1.82) is 0 Å². The summed E-state index contributed by atoms with van der Waals surface area (Å²) in [5.74, 6) is 0.930. The molecule has 1 atom stereocenters. The second-order valence-corrected chi connectivity index (χ2v) is 4.72. The van der Waals surface area contributed by atoms with Crippen LogP contribution in [-0.4, -0.2) is 35.8 Å². The predicted molar refractivity (Wildman–Crippen MR) is 70.2 cm³/mol. The summed E-state index contributed by atoms with van der Waals surface area (Å²) < 4.78 is 5.77. The minimum atomic E-state index is 0.155. The highest BCUT2D eigenvalue weighted by Gasteiger charge is 2.11. The number of benzene rings is 1. The first-order chi connectivity index (χ1) is 8.04. The smallest absolute Gasteiger partial charge is 0.124 e. The van der Waals surface area contributed by atoms with Gasteiger partial charge in [-0.05, 0) is 33.9 Å². The average molecular weight is 237 g/mol. The van der Waals surface area contributed by atoms with Gasteiger partial charge in [0, 0.05) is 18.2 Å². The van der Waals surface area contributed by atoms with E-state index in [1.165, 1.54) is 0 Å². The van der Waals surface area contributed by atoms with Gasteiger partial charge in [0.2, 0.25) is 0 Å². The van der Waals surface area contributed by atoms with Gasteiger partial charge in [0.05, 0.1) is 12.7 Å². The summed E-state index contributed by atoms with van der Waals surface area (Å²) in [6.45, 7) is 7.01. The van der Waals surface area contributed by atoms with Gasteiger partial charge < -0.3 is 9.84 Å². The molecule has 0 saturated heterocycles. The van der Waals surface area contributed by atoms with Crippen LogP contribution in [0.3, 0.4) is 0 Å². The highest BCUT2D eigenvalue weighted by atomic mass is 16.5. The topological polar surface area (TPSA) is 32.7 Å². The zero-order chi connectivity index (χ0) is 12.8. The lowest BCUT2D eigenvalue weighted by Crippen LogP contribution is -2.31. The normalized spacial score (nSPS) is 13.1. The molecule has 1 aromatic carbocycles. The molecule has 0 heterocycles. The molecule has 3 heteroatoms. The third-order valence-electron chi connectivity index (χ3n) is 2.77. The largest absolute Gasteiger partial charge is 0.491 e. The number of ether oxygens (including phenoxy) is 1. The second kappa shape index (κ2) is 6.62. The summed E-state index contributed by atoms with van der Waals surface area (Å²) in [5, 5.41) is 9.13. The second-order valence-electron chi connectivity index (χ2n) is 4.72. The van der Waals surface area contributed by atoms with Crippen LogP contribution in [0.25, 0.3) is 0 Å². The highest BCUT2D eigenvalue weighted by Crippen LogP contribution is 2.21. The monoisotopic (exact) mass is 237 g/mol. The van der Waals surface area contributed by atoms with Crippen LogP contribution in [0.2, 0.25) is 0 Å². The maximum absolute atomic E-state index is 9.13. The number of likely N-dealkylation sites (N-methyl/N-ethyl adjacent to an activating group) is 1. The molecule has 1 N–H and O–H groups in total. The van der Waals surface area contributed by atoms with Crippen molar-refractivity contribution >= 4 is 0 Å². The van der Waals surface area contributed by atoms with Crippen LogP contribution in [0, 0.1) is 0 Å². The van der Waals surface area contributed by atoms with Crippen LogP contribution < -0.4 is 4.74 Å². The summed E-state index contributed by atoms with van der Waals surface area (Å²) in [4.78, 5) is 2.11. The number of para-hydroxylation sites is 1. The van der Waals surface area contributed by atoms with Gasteiger partial charge in [0.25, 0.3) is 0 Å². The molecule has 96 valence electrons. The van der Waals surface area contributed by atoms with E-state index in [9.17, 15) is 0 Å². The summed E-state index contributed by atoms with van der Waals surface area (Å²) in [6.07, 6.45) is 0.178. The van der Waals surface area contributed by atoms with Gasteiger partial charge in [-0.3, -0.25) is 4.90 Å². The molecule has 1 aromatic rings. The van der Waals surface area contributed by atoms with E-state index in [2.05, 4.69) is 11.0 Å². The molecule has 0 bridgehead atoms. The summed E-state index contributed by atoms with van der Waals surface area (Å²) in [7, 11) is 2.01. The fourth-order valence-electron chi connectivity index (χ4n) is 1.57. The van der Waals surface area contributed by atoms with Crippen LogP contribution in [-0.2, 0) is 6.54 Å². The van der Waals surface area contributed by atoms with Crippen molar-refractivity contribution in [3.05, 3.63) is 29.8 Å². The Morgan fingerprint density at radius 3 is 2.47 bits per heavy atom. The molecule has 0 aliphatic heterocycles. The number of hydrogen-bond acceptors (Lipinski definition) is 3. The van der Waals surface area contributed by atoms with Gasteiger partial charge in [-0.1, -0.05) is 18.2 Å². The summed E-state index contributed by atoms with van der Waals surface area (Å²) in [6, 6.07) is 8.21. The lowest BCUT2D eigenvalue weighted by molar-refractivity contribution is 0.151. The Morgan fingerprint density at radius 2 is 1.88 bits per heavy atom. The number of nitrogens with zero attached hydrogens (tertiary/aromatic N) is 1. The van der Waals surface area contributed by atoms with Crippen molar-refractivity contribution in [2.24, 2.45) is 0 Å². The fraction of sp³-hybridized carbons (Fsp3) is 0.571. The molecule has 0 aliphatic rings. The van der Waals surface area contributed by atoms with Crippen LogP contribution in [0.1, 0.15) is 26.3 Å². The van der Waals surface area contributed by atoms with E-state index < -0.39 is 0 Å². The molecule has 0 amide bonds. The molecule has 0 saturated carbocycles. The third-order valence-corrected chi connectivity index (χ3v) is 2.77. The van der Waals surface area contributed by atoms with Crippen LogP contribution in [0.15, 0.2) is 24.3 Å². The maximum atomic E-state index is 9.13. The Balaban J connectivity index is 2.76. The standard InChI is InChI=1S/C14H23NO2/c1-11(2)17-14-8-6-5-7-13(14)9-15(4)12(3)10-16/h5-8,11-12,16H,9-10H2,1-4H3. The number of aliphatic hydroxyl groups excluding tert-OH is 1. The zero-order valence-electron chi connectivity index (χ0n) is 11.2. The fourth-order valence-corrected chi connectivity index (χ4v) is 1.57. The van der Waals surface area contributed by atoms with Crippen molar-refractivity contribution < 1.29 is 9.84 Å². The minimum Gasteiger partial charge on any atom is -0.491 e. The van der Waals surface area contributed by atoms with Crippen LogP contribution in [0.5, 0.6) is 5.75 Å². The quantitative estimate of drug-likeness (QED) is 0.824. The van der Waals surface area contributed by atoms with E-state index in [0.717, 1.165) is 17.9 Å². The van der Waals surface area contributed by atoms with Crippen molar-refractivity contribution in [2.75, 3.05) is 13.7 Å². The van der Waals surface area contributed by atoms with Crippen molar-refractivity contribution in [2.45, 2.75) is 39.5 Å². The first-order valence-corrected chi connectivity index (χ1v) is 6.10. The summed E-state index contributed by atoms with van der Waals surface area (Å²) >= 11 is 0. The number of rotatable bonds is 6. The van der Waals surface area contributed by atoms with E-state index in [4.69, 9.17) is 9.84 Å². The van der Waals surface area contributed by atoms with Crippen LogP contribution >= 0.6 is 0 Å². The zero-order valence-corrected chi connectivity index (χ0v) is 11.2. The molecule has 0 radical (unpaired) electrons. The van der Waals surface area contributed by atoms with Gasteiger partial charge in [0.15, 0.2) is 0 Å². The Morgan fingerprint density at radius 1 is 1.24 bits per heavy atom. The van der Waals surface area contributed by atoms with Crippen molar-refractivity contribution in [1.82, 2.24) is 4.90 Å². The average Bonchev–Trinajstić information content (AvgIpc) is 2.29. The molecule has 1 rings (SSSR count). The summed E-state index contributed by atoms with van der Waals surface area (Å²) in [5.41, 5.74) is 1.16. The highest BCUT2D eigenvalue weighted by molar-refractivity contribution is 5.33. The van der Waals surface area contributed by atoms with Gasteiger partial charge in [-0.15, -0.1) is 0 Å².